The monoisotopic (exact) mass is 216 g/mol. The Morgan fingerprint density at radius 2 is 2.00 bits per heavy atom. The number of hydrogen-bond donors (Lipinski definition) is 0. The van der Waals surface area contributed by atoms with Gasteiger partial charge in [0, 0.05) is 6.08 Å². The molecule has 1 aromatic rings. The fourth-order valence-corrected chi connectivity index (χ4v) is 2.09. The highest BCUT2D eigenvalue weighted by Crippen LogP contribution is 2.22. The molecule has 2 nitrogen and oxygen atoms in total. The Morgan fingerprint density at radius 1 is 1.25 bits per heavy atom. The van der Waals surface area contributed by atoms with Crippen LogP contribution in [-0.4, -0.2) is 13.1 Å². The van der Waals surface area contributed by atoms with Crippen LogP contribution in [0.2, 0.25) is 0 Å². The third-order valence-electron chi connectivity index (χ3n) is 2.99. The number of aryl methyl sites for hydroxylation is 2. The van der Waals surface area contributed by atoms with Crippen LogP contribution in [0.3, 0.4) is 0 Å². The molecule has 2 rings (SSSR count). The van der Waals surface area contributed by atoms with E-state index in [1.807, 2.05) is 0 Å². The first-order valence-electron chi connectivity index (χ1n) is 5.67. The highest BCUT2D eigenvalue weighted by atomic mass is 16.5. The van der Waals surface area contributed by atoms with Crippen molar-refractivity contribution < 1.29 is 9.53 Å². The molecule has 0 bridgehead atoms. The minimum Gasteiger partial charge on any atom is -0.466 e. The molecule has 16 heavy (non-hydrogen) atoms. The molecular weight excluding hydrogens is 200 g/mol. The number of carbonyl (C=O) groups excluding carboxylic acids is 1. The van der Waals surface area contributed by atoms with E-state index in [-0.39, 0.29) is 5.97 Å². The van der Waals surface area contributed by atoms with Crippen LogP contribution in [0.5, 0.6) is 0 Å². The smallest absolute Gasteiger partial charge is 0.330 e. The van der Waals surface area contributed by atoms with Gasteiger partial charge in [-0.25, -0.2) is 4.79 Å². The molecule has 84 valence electrons. The van der Waals surface area contributed by atoms with Gasteiger partial charge in [-0.2, -0.15) is 0 Å². The average molecular weight is 216 g/mol. The third-order valence-corrected chi connectivity index (χ3v) is 2.99. The Morgan fingerprint density at radius 3 is 2.75 bits per heavy atom. The second-order valence-electron chi connectivity index (χ2n) is 4.09. The lowest BCUT2D eigenvalue weighted by Gasteiger charge is -2.15. The normalized spacial score (nSPS) is 14.8. The minimum absolute atomic E-state index is 0.308. The zero-order valence-electron chi connectivity index (χ0n) is 9.53. The third kappa shape index (κ3) is 2.51. The predicted octanol–water partition coefficient (Wildman–Crippen LogP) is 2.75. The number of benzene rings is 1. The van der Waals surface area contributed by atoms with E-state index >= 15 is 0 Å². The van der Waals surface area contributed by atoms with Crippen LogP contribution in [0, 0.1) is 0 Å². The van der Waals surface area contributed by atoms with Crippen molar-refractivity contribution in [2.24, 2.45) is 0 Å². The molecule has 0 atom stereocenters. The quantitative estimate of drug-likeness (QED) is 0.561. The summed E-state index contributed by atoms with van der Waals surface area (Å²) in [5.41, 5.74) is 3.96. The van der Waals surface area contributed by atoms with Crippen molar-refractivity contribution in [3.8, 4) is 0 Å². The van der Waals surface area contributed by atoms with Gasteiger partial charge in [0.25, 0.3) is 0 Å². The van der Waals surface area contributed by atoms with Crippen LogP contribution in [-0.2, 0) is 22.4 Å². The topological polar surface area (TPSA) is 26.3 Å². The van der Waals surface area contributed by atoms with E-state index in [0.29, 0.717) is 0 Å². The lowest BCUT2D eigenvalue weighted by atomic mass is 9.90. The van der Waals surface area contributed by atoms with E-state index in [0.717, 1.165) is 12.0 Å². The Labute approximate surface area is 95.9 Å². The molecule has 2 heteroatoms. The molecule has 0 aromatic heterocycles. The summed E-state index contributed by atoms with van der Waals surface area (Å²) in [7, 11) is 1.39. The summed E-state index contributed by atoms with van der Waals surface area (Å²) in [5.74, 6) is -0.308. The lowest BCUT2D eigenvalue weighted by Crippen LogP contribution is -2.02. The summed E-state index contributed by atoms with van der Waals surface area (Å²) in [6.45, 7) is 0. The number of hydrogen-bond acceptors (Lipinski definition) is 2. The van der Waals surface area contributed by atoms with E-state index in [4.69, 9.17) is 0 Å². The number of fused-ring (bicyclic) bond motifs is 1. The van der Waals surface area contributed by atoms with Gasteiger partial charge in [0.1, 0.15) is 0 Å². The zero-order chi connectivity index (χ0) is 11.4. The SMILES string of the molecule is COC(=O)C=Cc1ccc2c(c1)CCCC2. The van der Waals surface area contributed by atoms with E-state index in [9.17, 15) is 4.79 Å². The fourth-order valence-electron chi connectivity index (χ4n) is 2.09. The maximum Gasteiger partial charge on any atom is 0.330 e. The van der Waals surface area contributed by atoms with Gasteiger partial charge in [0.15, 0.2) is 0 Å². The minimum atomic E-state index is -0.308. The van der Waals surface area contributed by atoms with Crippen molar-refractivity contribution in [1.29, 1.82) is 0 Å². The van der Waals surface area contributed by atoms with Crippen LogP contribution in [0.25, 0.3) is 6.08 Å². The van der Waals surface area contributed by atoms with E-state index in [2.05, 4.69) is 22.9 Å². The number of methoxy groups -OCH3 is 1. The first kappa shape index (κ1) is 10.9. The largest absolute Gasteiger partial charge is 0.466 e. The van der Waals surface area contributed by atoms with Crippen molar-refractivity contribution in [1.82, 2.24) is 0 Å². The van der Waals surface area contributed by atoms with E-state index in [1.165, 1.54) is 43.6 Å². The molecule has 0 amide bonds. The molecule has 0 aliphatic heterocycles. The van der Waals surface area contributed by atoms with Crippen molar-refractivity contribution >= 4 is 12.0 Å². The summed E-state index contributed by atoms with van der Waals surface area (Å²) in [6.07, 6.45) is 8.19. The summed E-state index contributed by atoms with van der Waals surface area (Å²) in [5, 5.41) is 0. The molecule has 0 saturated heterocycles. The summed E-state index contributed by atoms with van der Waals surface area (Å²) in [6, 6.07) is 6.41. The summed E-state index contributed by atoms with van der Waals surface area (Å²) in [4.78, 5) is 11.0. The Bertz CT molecular complexity index is 419. The van der Waals surface area contributed by atoms with Gasteiger partial charge in [-0.15, -0.1) is 0 Å². The number of ether oxygens (including phenoxy) is 1. The number of rotatable bonds is 2. The van der Waals surface area contributed by atoms with Gasteiger partial charge in [0.05, 0.1) is 7.11 Å². The molecule has 0 radical (unpaired) electrons. The van der Waals surface area contributed by atoms with Crippen LogP contribution in [0.15, 0.2) is 24.3 Å². The molecule has 0 unspecified atom stereocenters. The maximum absolute atomic E-state index is 11.0. The van der Waals surface area contributed by atoms with E-state index < -0.39 is 0 Å². The first-order chi connectivity index (χ1) is 7.79. The highest BCUT2D eigenvalue weighted by Gasteiger charge is 2.08. The van der Waals surface area contributed by atoms with Gasteiger partial charge < -0.3 is 4.74 Å². The fraction of sp³-hybridized carbons (Fsp3) is 0.357. The Balaban J connectivity index is 2.17. The van der Waals surface area contributed by atoms with Crippen LogP contribution >= 0.6 is 0 Å². The average Bonchev–Trinajstić information content (AvgIpc) is 2.35. The summed E-state index contributed by atoms with van der Waals surface area (Å²) < 4.78 is 4.56. The molecule has 1 aliphatic carbocycles. The molecule has 1 aromatic carbocycles. The second-order valence-corrected chi connectivity index (χ2v) is 4.09. The molecule has 0 fully saturated rings. The van der Waals surface area contributed by atoms with Crippen molar-refractivity contribution in [3.63, 3.8) is 0 Å². The number of esters is 1. The number of carbonyl (C=O) groups is 1. The van der Waals surface area contributed by atoms with Gasteiger partial charge in [-0.3, -0.25) is 0 Å². The summed E-state index contributed by atoms with van der Waals surface area (Å²) >= 11 is 0. The molecule has 0 heterocycles. The van der Waals surface area contributed by atoms with E-state index in [1.54, 1.807) is 6.08 Å². The van der Waals surface area contributed by atoms with Crippen LogP contribution in [0.4, 0.5) is 0 Å². The molecular formula is C14H16O2. The molecule has 0 saturated carbocycles. The standard InChI is InChI=1S/C14H16O2/c1-16-14(15)9-7-11-6-8-12-4-2-3-5-13(12)10-11/h6-10H,2-5H2,1H3. The highest BCUT2D eigenvalue weighted by molar-refractivity contribution is 5.86. The van der Waals surface area contributed by atoms with Gasteiger partial charge in [0.2, 0.25) is 0 Å². The molecule has 0 N–H and O–H groups in total. The predicted molar refractivity (Wildman–Crippen MR) is 64.1 cm³/mol. The molecule has 1 aliphatic rings. The van der Waals surface area contributed by atoms with Gasteiger partial charge in [-0.05, 0) is 48.4 Å². The van der Waals surface area contributed by atoms with Crippen LogP contribution < -0.4 is 0 Å². The Kier molecular flexibility index (Phi) is 3.40. The Hall–Kier alpha value is -1.57. The van der Waals surface area contributed by atoms with Gasteiger partial charge in [-0.1, -0.05) is 18.2 Å². The van der Waals surface area contributed by atoms with Gasteiger partial charge >= 0.3 is 5.97 Å². The maximum atomic E-state index is 11.0. The zero-order valence-corrected chi connectivity index (χ0v) is 9.53. The van der Waals surface area contributed by atoms with Crippen LogP contribution in [0.1, 0.15) is 29.5 Å². The van der Waals surface area contributed by atoms with Crippen molar-refractivity contribution in [3.05, 3.63) is 41.0 Å². The molecule has 0 spiro atoms. The first-order valence-corrected chi connectivity index (χ1v) is 5.67. The van der Waals surface area contributed by atoms with Crippen molar-refractivity contribution in [2.75, 3.05) is 7.11 Å². The van der Waals surface area contributed by atoms with Crippen molar-refractivity contribution in [2.45, 2.75) is 25.7 Å². The lowest BCUT2D eigenvalue weighted by molar-refractivity contribution is -0.134. The second kappa shape index (κ2) is 4.97.